The Morgan fingerprint density at radius 3 is 2.41 bits per heavy atom. The number of piperazine rings is 1. The fourth-order valence-corrected chi connectivity index (χ4v) is 3.96. The highest BCUT2D eigenvalue weighted by Crippen LogP contribution is 2.21. The summed E-state index contributed by atoms with van der Waals surface area (Å²) in [6, 6.07) is 23.1. The average Bonchev–Trinajstić information content (AvgIpc) is 2.70. The van der Waals surface area contributed by atoms with Gasteiger partial charge in [0.2, 0.25) is 0 Å². The first-order chi connectivity index (χ1) is 13.2. The monoisotopic (exact) mass is 377 g/mol. The Bertz CT molecular complexity index is 953. The van der Waals surface area contributed by atoms with Gasteiger partial charge in [0.15, 0.2) is 0 Å². The first kappa shape index (κ1) is 18.0. The summed E-state index contributed by atoms with van der Waals surface area (Å²) < 4.78 is 0. The van der Waals surface area contributed by atoms with Crippen LogP contribution in [0.15, 0.2) is 71.8 Å². The summed E-state index contributed by atoms with van der Waals surface area (Å²) in [6.45, 7) is 6.93. The predicted molar refractivity (Wildman–Crippen MR) is 114 cm³/mol. The molecular formula is C23H24ClN3. The van der Waals surface area contributed by atoms with Crippen molar-refractivity contribution in [3.8, 4) is 0 Å². The van der Waals surface area contributed by atoms with Gasteiger partial charge < -0.3 is 0 Å². The predicted octanol–water partition coefficient (Wildman–Crippen LogP) is 5.04. The molecule has 0 spiro atoms. The van der Waals surface area contributed by atoms with Crippen molar-refractivity contribution in [3.63, 3.8) is 0 Å². The zero-order valence-electron chi connectivity index (χ0n) is 15.6. The van der Waals surface area contributed by atoms with Crippen LogP contribution in [0, 0.1) is 0 Å². The summed E-state index contributed by atoms with van der Waals surface area (Å²) in [5, 5.41) is 10.4. The van der Waals surface area contributed by atoms with E-state index in [9.17, 15) is 0 Å². The number of benzene rings is 3. The minimum absolute atomic E-state index is 0.758. The molecule has 1 aliphatic heterocycles. The van der Waals surface area contributed by atoms with Gasteiger partial charge in [-0.3, -0.25) is 9.91 Å². The van der Waals surface area contributed by atoms with Crippen LogP contribution in [0.5, 0.6) is 0 Å². The van der Waals surface area contributed by atoms with Crippen molar-refractivity contribution in [3.05, 3.63) is 82.9 Å². The number of nitrogens with zero attached hydrogens (tertiary/aromatic N) is 3. The minimum atomic E-state index is 0.758. The number of rotatable bonds is 4. The molecule has 0 amide bonds. The van der Waals surface area contributed by atoms with Gasteiger partial charge in [-0.2, -0.15) is 5.10 Å². The molecule has 0 unspecified atom stereocenters. The molecule has 1 fully saturated rings. The molecule has 1 heterocycles. The van der Waals surface area contributed by atoms with Crippen LogP contribution in [-0.4, -0.2) is 41.8 Å². The summed E-state index contributed by atoms with van der Waals surface area (Å²) >= 11 is 6.29. The van der Waals surface area contributed by atoms with Gasteiger partial charge in [0.05, 0.1) is 5.71 Å². The fourth-order valence-electron chi connectivity index (χ4n) is 3.69. The zero-order valence-corrected chi connectivity index (χ0v) is 16.4. The lowest BCUT2D eigenvalue weighted by molar-refractivity contribution is 0.131. The number of halogens is 1. The van der Waals surface area contributed by atoms with E-state index in [-0.39, 0.29) is 0 Å². The van der Waals surface area contributed by atoms with Gasteiger partial charge in [-0.25, -0.2) is 0 Å². The van der Waals surface area contributed by atoms with Gasteiger partial charge in [-0.05, 0) is 29.3 Å². The highest BCUT2D eigenvalue weighted by Gasteiger charge is 2.17. The number of hydrazone groups is 1. The average molecular weight is 378 g/mol. The Hall–Kier alpha value is -2.36. The van der Waals surface area contributed by atoms with Crippen LogP contribution in [0.4, 0.5) is 0 Å². The molecule has 138 valence electrons. The van der Waals surface area contributed by atoms with E-state index in [1.807, 2.05) is 31.2 Å². The van der Waals surface area contributed by atoms with Gasteiger partial charge in [0.25, 0.3) is 0 Å². The van der Waals surface area contributed by atoms with Gasteiger partial charge in [-0.1, -0.05) is 72.3 Å². The summed E-state index contributed by atoms with van der Waals surface area (Å²) in [5.41, 5.74) is 3.39. The quantitative estimate of drug-likeness (QED) is 0.593. The van der Waals surface area contributed by atoms with Crippen LogP contribution < -0.4 is 0 Å². The molecule has 0 bridgehead atoms. The van der Waals surface area contributed by atoms with E-state index < -0.39 is 0 Å². The minimum Gasteiger partial charge on any atom is -0.295 e. The fraction of sp³-hybridized carbons (Fsp3) is 0.261. The highest BCUT2D eigenvalue weighted by molar-refractivity contribution is 6.34. The Kier molecular flexibility index (Phi) is 5.42. The van der Waals surface area contributed by atoms with E-state index in [1.54, 1.807) is 0 Å². The second kappa shape index (κ2) is 8.12. The Morgan fingerprint density at radius 2 is 1.59 bits per heavy atom. The van der Waals surface area contributed by atoms with Crippen LogP contribution in [-0.2, 0) is 6.54 Å². The van der Waals surface area contributed by atoms with Crippen LogP contribution in [0.2, 0.25) is 5.02 Å². The summed E-state index contributed by atoms with van der Waals surface area (Å²) in [4.78, 5) is 2.51. The van der Waals surface area contributed by atoms with E-state index in [0.717, 1.165) is 49.0 Å². The Balaban J connectivity index is 1.40. The van der Waals surface area contributed by atoms with Gasteiger partial charge in [-0.15, -0.1) is 0 Å². The molecule has 0 aromatic heterocycles. The molecule has 0 atom stereocenters. The van der Waals surface area contributed by atoms with E-state index in [0.29, 0.717) is 0 Å². The standard InChI is InChI=1S/C23H24ClN3/c1-18(21-10-4-5-12-23(21)24)25-27-15-13-26(14-16-27)17-20-9-6-8-19-7-2-3-11-22(19)20/h2-12H,13-17H2,1H3/b25-18-. The van der Waals surface area contributed by atoms with Gasteiger partial charge in [0, 0.05) is 43.3 Å². The topological polar surface area (TPSA) is 18.8 Å². The molecule has 3 aromatic carbocycles. The first-order valence-electron chi connectivity index (χ1n) is 9.45. The second-order valence-electron chi connectivity index (χ2n) is 7.03. The smallest absolute Gasteiger partial charge is 0.0661 e. The summed E-state index contributed by atoms with van der Waals surface area (Å²) in [5.74, 6) is 0. The van der Waals surface area contributed by atoms with E-state index >= 15 is 0 Å². The molecule has 4 rings (SSSR count). The van der Waals surface area contributed by atoms with Crippen LogP contribution >= 0.6 is 11.6 Å². The van der Waals surface area contributed by atoms with Crippen molar-refractivity contribution in [2.24, 2.45) is 5.10 Å². The molecule has 1 saturated heterocycles. The highest BCUT2D eigenvalue weighted by atomic mass is 35.5. The third kappa shape index (κ3) is 4.15. The molecular weight excluding hydrogens is 354 g/mol. The van der Waals surface area contributed by atoms with E-state index in [4.69, 9.17) is 16.7 Å². The zero-order chi connectivity index (χ0) is 18.6. The number of hydrogen-bond donors (Lipinski definition) is 0. The third-order valence-corrected chi connectivity index (χ3v) is 5.51. The van der Waals surface area contributed by atoms with Crippen LogP contribution in [0.3, 0.4) is 0 Å². The summed E-state index contributed by atoms with van der Waals surface area (Å²) in [7, 11) is 0. The molecule has 0 saturated carbocycles. The lowest BCUT2D eigenvalue weighted by Gasteiger charge is -2.33. The van der Waals surface area contributed by atoms with Crippen molar-refractivity contribution in [1.82, 2.24) is 9.91 Å². The van der Waals surface area contributed by atoms with Crippen molar-refractivity contribution < 1.29 is 0 Å². The molecule has 4 heteroatoms. The summed E-state index contributed by atoms with van der Waals surface area (Å²) in [6.07, 6.45) is 0. The molecule has 0 radical (unpaired) electrons. The second-order valence-corrected chi connectivity index (χ2v) is 7.44. The SMILES string of the molecule is C/C(=N/N1CCN(Cc2cccc3ccccc23)CC1)c1ccccc1Cl. The Labute approximate surface area is 165 Å². The lowest BCUT2D eigenvalue weighted by atomic mass is 10.0. The number of hydrogen-bond acceptors (Lipinski definition) is 3. The number of fused-ring (bicyclic) bond motifs is 1. The van der Waals surface area contributed by atoms with Crippen LogP contribution in [0.25, 0.3) is 10.8 Å². The van der Waals surface area contributed by atoms with Gasteiger partial charge in [0.1, 0.15) is 0 Å². The molecule has 1 aliphatic rings. The Morgan fingerprint density at radius 1 is 0.889 bits per heavy atom. The maximum absolute atomic E-state index is 6.29. The molecule has 0 N–H and O–H groups in total. The molecule has 27 heavy (non-hydrogen) atoms. The maximum Gasteiger partial charge on any atom is 0.0661 e. The van der Waals surface area contributed by atoms with Crippen molar-refractivity contribution in [1.29, 1.82) is 0 Å². The van der Waals surface area contributed by atoms with E-state index in [2.05, 4.69) is 52.4 Å². The first-order valence-corrected chi connectivity index (χ1v) is 9.82. The lowest BCUT2D eigenvalue weighted by Crippen LogP contribution is -2.43. The normalized spacial score (nSPS) is 16.1. The van der Waals surface area contributed by atoms with Crippen molar-refractivity contribution in [2.75, 3.05) is 26.2 Å². The van der Waals surface area contributed by atoms with Gasteiger partial charge >= 0.3 is 0 Å². The molecule has 3 nitrogen and oxygen atoms in total. The largest absolute Gasteiger partial charge is 0.295 e. The third-order valence-electron chi connectivity index (χ3n) is 5.18. The van der Waals surface area contributed by atoms with Crippen molar-refractivity contribution in [2.45, 2.75) is 13.5 Å². The maximum atomic E-state index is 6.29. The molecule has 3 aromatic rings. The van der Waals surface area contributed by atoms with E-state index in [1.165, 1.54) is 16.3 Å². The van der Waals surface area contributed by atoms with Crippen LogP contribution in [0.1, 0.15) is 18.1 Å². The van der Waals surface area contributed by atoms with Crippen molar-refractivity contribution >= 4 is 28.1 Å². The molecule has 0 aliphatic carbocycles.